The van der Waals surface area contributed by atoms with Gasteiger partial charge in [-0.2, -0.15) is 0 Å². The first kappa shape index (κ1) is 13.2. The molecule has 0 heterocycles. The molecule has 0 unspecified atom stereocenters. The molecule has 0 atom stereocenters. The second-order valence-electron chi connectivity index (χ2n) is 3.27. The molecule has 1 N–H and O–H groups in total. The highest BCUT2D eigenvalue weighted by Crippen LogP contribution is 2.15. The third-order valence-electron chi connectivity index (χ3n) is 2.01. The second-order valence-corrected chi connectivity index (χ2v) is 3.70. The number of rotatable bonds is 6. The molecule has 0 bridgehead atoms. The molecule has 0 aliphatic heterocycles. The lowest BCUT2D eigenvalue weighted by atomic mass is 10.2. The molecule has 0 fully saturated rings. The van der Waals surface area contributed by atoms with Gasteiger partial charge in [-0.15, -0.1) is 0 Å². The first-order chi connectivity index (χ1) is 7.74. The van der Waals surface area contributed by atoms with E-state index < -0.39 is 0 Å². The summed E-state index contributed by atoms with van der Waals surface area (Å²) >= 11 is 5.65. The maximum Gasteiger partial charge on any atom is 0.131 e. The molecule has 0 aliphatic rings. The Morgan fingerprint density at radius 2 is 2.31 bits per heavy atom. The Hall–Kier alpha value is -0.900. The molecule has 0 aliphatic carbocycles. The van der Waals surface area contributed by atoms with E-state index >= 15 is 0 Å². The lowest BCUT2D eigenvalue weighted by molar-refractivity contribution is 0.200. The Morgan fingerprint density at radius 1 is 1.50 bits per heavy atom. The summed E-state index contributed by atoms with van der Waals surface area (Å²) in [4.78, 5) is 0. The van der Waals surface area contributed by atoms with Gasteiger partial charge in [0, 0.05) is 30.8 Å². The highest BCUT2D eigenvalue weighted by molar-refractivity contribution is 6.30. The Kier molecular flexibility index (Phi) is 6.08. The third-order valence-corrected chi connectivity index (χ3v) is 2.24. The predicted octanol–water partition coefficient (Wildman–Crippen LogP) is 2.73. The minimum absolute atomic E-state index is 0.305. The van der Waals surface area contributed by atoms with Crippen molar-refractivity contribution in [1.29, 1.82) is 0 Å². The van der Waals surface area contributed by atoms with Crippen molar-refractivity contribution in [3.05, 3.63) is 40.7 Å². The average molecular weight is 244 g/mol. The number of ether oxygens (including phenoxy) is 1. The summed E-state index contributed by atoms with van der Waals surface area (Å²) in [6, 6.07) is 4.63. The third kappa shape index (κ3) is 4.75. The quantitative estimate of drug-likeness (QED) is 0.776. The number of benzene rings is 1. The zero-order chi connectivity index (χ0) is 11.8. The van der Waals surface area contributed by atoms with Crippen LogP contribution in [0.5, 0.6) is 0 Å². The molecule has 2 nitrogen and oxygen atoms in total. The molecule has 1 rings (SSSR count). The van der Waals surface area contributed by atoms with Crippen LogP contribution in [0.3, 0.4) is 0 Å². The Labute approximate surface area is 100 Å². The Bertz CT molecular complexity index is 355. The van der Waals surface area contributed by atoms with E-state index in [2.05, 4.69) is 5.32 Å². The monoisotopic (exact) mass is 243 g/mol. The molecule has 16 heavy (non-hydrogen) atoms. The van der Waals surface area contributed by atoms with Gasteiger partial charge < -0.3 is 10.1 Å². The van der Waals surface area contributed by atoms with Gasteiger partial charge in [0.25, 0.3) is 0 Å². The van der Waals surface area contributed by atoms with Gasteiger partial charge in [0.1, 0.15) is 5.82 Å². The van der Waals surface area contributed by atoms with Crippen LogP contribution in [-0.4, -0.2) is 26.8 Å². The minimum atomic E-state index is -0.305. The zero-order valence-electron chi connectivity index (χ0n) is 9.17. The van der Waals surface area contributed by atoms with Crippen molar-refractivity contribution >= 4 is 17.7 Å². The van der Waals surface area contributed by atoms with Crippen LogP contribution >= 0.6 is 11.6 Å². The smallest absolute Gasteiger partial charge is 0.131 e. The fraction of sp³-hybridized carbons (Fsp3) is 0.333. The van der Waals surface area contributed by atoms with Crippen LogP contribution in [0.15, 0.2) is 24.3 Å². The molecule has 0 amide bonds. The fourth-order valence-corrected chi connectivity index (χ4v) is 1.34. The summed E-state index contributed by atoms with van der Waals surface area (Å²) in [5.41, 5.74) is 0.540. The molecule has 0 radical (unpaired) electrons. The van der Waals surface area contributed by atoms with Gasteiger partial charge in [-0.3, -0.25) is 0 Å². The minimum Gasteiger partial charge on any atom is -0.383 e. The van der Waals surface area contributed by atoms with Gasteiger partial charge >= 0.3 is 0 Å². The normalized spacial score (nSPS) is 11.2. The van der Waals surface area contributed by atoms with E-state index in [-0.39, 0.29) is 5.82 Å². The Morgan fingerprint density at radius 3 is 3.00 bits per heavy atom. The van der Waals surface area contributed by atoms with Crippen molar-refractivity contribution in [2.45, 2.75) is 0 Å². The van der Waals surface area contributed by atoms with Crippen LogP contribution in [0.2, 0.25) is 5.02 Å². The molecule has 0 spiro atoms. The van der Waals surface area contributed by atoms with Gasteiger partial charge in [0.15, 0.2) is 0 Å². The number of nitrogens with one attached hydrogen (secondary N) is 1. The maximum absolute atomic E-state index is 13.3. The van der Waals surface area contributed by atoms with Crippen molar-refractivity contribution in [3.8, 4) is 0 Å². The SMILES string of the molecule is COCCNC/C=C/c1ccc(Cl)cc1F. The highest BCUT2D eigenvalue weighted by atomic mass is 35.5. The van der Waals surface area contributed by atoms with Crippen LogP contribution in [-0.2, 0) is 4.74 Å². The summed E-state index contributed by atoms with van der Waals surface area (Å²) in [7, 11) is 1.65. The van der Waals surface area contributed by atoms with Crippen molar-refractivity contribution in [1.82, 2.24) is 5.32 Å². The molecular formula is C12H15ClFNO. The van der Waals surface area contributed by atoms with E-state index in [4.69, 9.17) is 16.3 Å². The molecule has 1 aromatic rings. The zero-order valence-corrected chi connectivity index (χ0v) is 9.93. The predicted molar refractivity (Wildman–Crippen MR) is 65.2 cm³/mol. The summed E-state index contributed by atoms with van der Waals surface area (Å²) in [6.45, 7) is 2.14. The van der Waals surface area contributed by atoms with Crippen molar-refractivity contribution < 1.29 is 9.13 Å². The van der Waals surface area contributed by atoms with Gasteiger partial charge in [-0.05, 0) is 12.1 Å². The summed E-state index contributed by atoms with van der Waals surface area (Å²) in [6.07, 6.45) is 3.59. The summed E-state index contributed by atoms with van der Waals surface area (Å²) in [5, 5.41) is 3.54. The molecule has 88 valence electrons. The largest absolute Gasteiger partial charge is 0.383 e. The van der Waals surface area contributed by atoms with Crippen molar-refractivity contribution in [2.75, 3.05) is 26.8 Å². The number of hydrogen-bond donors (Lipinski definition) is 1. The van der Waals surface area contributed by atoms with Crippen molar-refractivity contribution in [2.24, 2.45) is 0 Å². The maximum atomic E-state index is 13.3. The number of methoxy groups -OCH3 is 1. The Balaban J connectivity index is 2.38. The van der Waals surface area contributed by atoms with E-state index in [1.807, 2.05) is 6.08 Å². The van der Waals surface area contributed by atoms with Gasteiger partial charge in [0.05, 0.1) is 6.61 Å². The molecule has 0 aromatic heterocycles. The molecule has 0 saturated carbocycles. The van der Waals surface area contributed by atoms with Gasteiger partial charge in [0.2, 0.25) is 0 Å². The number of hydrogen-bond acceptors (Lipinski definition) is 2. The van der Waals surface area contributed by atoms with Crippen LogP contribution in [0, 0.1) is 5.82 Å². The van der Waals surface area contributed by atoms with E-state index in [9.17, 15) is 4.39 Å². The molecule has 0 saturated heterocycles. The van der Waals surface area contributed by atoms with Gasteiger partial charge in [-0.25, -0.2) is 4.39 Å². The molecule has 1 aromatic carbocycles. The lowest BCUT2D eigenvalue weighted by Gasteiger charge is -2.00. The van der Waals surface area contributed by atoms with Gasteiger partial charge in [-0.1, -0.05) is 29.8 Å². The van der Waals surface area contributed by atoms with Crippen LogP contribution in [0.25, 0.3) is 6.08 Å². The summed E-state index contributed by atoms with van der Waals surface area (Å²) in [5.74, 6) is -0.305. The average Bonchev–Trinajstić information content (AvgIpc) is 2.26. The van der Waals surface area contributed by atoms with E-state index in [0.29, 0.717) is 23.7 Å². The van der Waals surface area contributed by atoms with E-state index in [1.165, 1.54) is 6.07 Å². The lowest BCUT2D eigenvalue weighted by Crippen LogP contribution is -2.18. The topological polar surface area (TPSA) is 21.3 Å². The van der Waals surface area contributed by atoms with E-state index in [1.54, 1.807) is 25.3 Å². The number of halogens is 2. The van der Waals surface area contributed by atoms with Crippen LogP contribution < -0.4 is 5.32 Å². The fourth-order valence-electron chi connectivity index (χ4n) is 1.18. The van der Waals surface area contributed by atoms with Crippen molar-refractivity contribution in [3.63, 3.8) is 0 Å². The highest BCUT2D eigenvalue weighted by Gasteiger charge is 1.98. The second kappa shape index (κ2) is 7.39. The first-order valence-corrected chi connectivity index (χ1v) is 5.43. The van der Waals surface area contributed by atoms with Crippen LogP contribution in [0.4, 0.5) is 4.39 Å². The molecule has 4 heteroatoms. The first-order valence-electron chi connectivity index (χ1n) is 5.05. The standard InChI is InChI=1S/C12H15ClFNO/c1-16-8-7-15-6-2-3-10-4-5-11(13)9-12(10)14/h2-5,9,15H,6-8H2,1H3/b3-2+. The summed E-state index contributed by atoms with van der Waals surface area (Å²) < 4.78 is 18.2. The molecular weight excluding hydrogens is 229 g/mol. The van der Waals surface area contributed by atoms with E-state index in [0.717, 1.165) is 6.54 Å². The van der Waals surface area contributed by atoms with Crippen LogP contribution in [0.1, 0.15) is 5.56 Å².